The number of rotatable bonds is 4. The van der Waals surface area contributed by atoms with Crippen molar-refractivity contribution in [3.05, 3.63) is 77.6 Å². The van der Waals surface area contributed by atoms with Gasteiger partial charge in [0.1, 0.15) is 17.7 Å². The van der Waals surface area contributed by atoms with Crippen molar-refractivity contribution in [2.45, 2.75) is 104 Å². The lowest BCUT2D eigenvalue weighted by Crippen LogP contribution is -2.49. The zero-order chi connectivity index (χ0) is 37.8. The first-order valence-corrected chi connectivity index (χ1v) is 18.1. The Morgan fingerprint density at radius 1 is 1.15 bits per heavy atom. The van der Waals surface area contributed by atoms with Crippen molar-refractivity contribution in [2.24, 2.45) is 11.1 Å². The van der Waals surface area contributed by atoms with E-state index in [2.05, 4.69) is 59.2 Å². The molecule has 11 nitrogen and oxygen atoms in total. The second-order valence-corrected chi connectivity index (χ2v) is 15.5. The van der Waals surface area contributed by atoms with Gasteiger partial charge in [0.15, 0.2) is 0 Å². The number of hydrogen-bond acceptors (Lipinski definition) is 8. The Bertz CT molecular complexity index is 1920. The minimum atomic E-state index is -0.908. The van der Waals surface area contributed by atoms with E-state index in [0.717, 1.165) is 44.4 Å². The summed E-state index contributed by atoms with van der Waals surface area (Å²) in [5.41, 5.74) is 12.3. The molecule has 0 fully saturated rings. The van der Waals surface area contributed by atoms with Crippen LogP contribution in [0.2, 0.25) is 0 Å². The number of aromatic nitrogens is 2. The van der Waals surface area contributed by atoms with Crippen molar-refractivity contribution in [3.63, 3.8) is 0 Å². The number of nitrogens with two attached hydrogens (primary N) is 1. The van der Waals surface area contributed by atoms with Gasteiger partial charge in [0, 0.05) is 47.6 Å². The van der Waals surface area contributed by atoms with Crippen LogP contribution in [0.4, 0.5) is 4.79 Å². The van der Waals surface area contributed by atoms with Gasteiger partial charge in [-0.2, -0.15) is 0 Å². The lowest BCUT2D eigenvalue weighted by molar-refractivity contribution is -0.148. The third kappa shape index (κ3) is 9.18. The monoisotopic (exact) mass is 711 g/mol. The predicted octanol–water partition coefficient (Wildman–Crippen LogP) is 6.23. The van der Waals surface area contributed by atoms with Crippen molar-refractivity contribution in [1.82, 2.24) is 20.2 Å². The fraction of sp³-hybridized carbons (Fsp3) is 0.463. The second kappa shape index (κ2) is 15.9. The molecule has 1 aliphatic rings. The molecule has 3 heterocycles. The maximum absolute atomic E-state index is 13.5. The van der Waals surface area contributed by atoms with E-state index in [-0.39, 0.29) is 25.5 Å². The molecule has 2 amide bonds. The first kappa shape index (κ1) is 38.5. The van der Waals surface area contributed by atoms with Crippen molar-refractivity contribution in [2.75, 3.05) is 13.2 Å². The first-order valence-electron chi connectivity index (χ1n) is 18.1. The van der Waals surface area contributed by atoms with Gasteiger partial charge in [-0.1, -0.05) is 44.2 Å². The molecule has 5 N–H and O–H groups in total. The van der Waals surface area contributed by atoms with Crippen molar-refractivity contribution >= 4 is 28.9 Å². The van der Waals surface area contributed by atoms with Crippen LogP contribution in [0.15, 0.2) is 60.8 Å². The molecule has 1 aliphatic heterocycles. The van der Waals surface area contributed by atoms with Gasteiger partial charge in [-0.05, 0) is 100 Å². The van der Waals surface area contributed by atoms with E-state index in [1.165, 1.54) is 0 Å². The molecule has 278 valence electrons. The number of nitrogens with one attached hydrogen (secondary N) is 2. The summed E-state index contributed by atoms with van der Waals surface area (Å²) in [6.07, 6.45) is 1.76. The highest BCUT2D eigenvalue weighted by Gasteiger charge is 2.30. The van der Waals surface area contributed by atoms with Gasteiger partial charge in [-0.3, -0.25) is 14.6 Å². The molecule has 0 radical (unpaired) electrons. The van der Waals surface area contributed by atoms with Crippen molar-refractivity contribution in [1.29, 1.82) is 0 Å². The molecule has 2 aromatic heterocycles. The summed E-state index contributed by atoms with van der Waals surface area (Å²) in [6.45, 7) is 14.3. The maximum atomic E-state index is 13.5. The minimum absolute atomic E-state index is 0.143. The number of amides is 2. The number of aliphatic hydroxyl groups is 1. The number of aliphatic hydroxyl groups excluding tert-OH is 1. The number of hydrogen-bond donors (Lipinski definition) is 4. The van der Waals surface area contributed by atoms with Crippen LogP contribution >= 0.6 is 0 Å². The Balaban J connectivity index is 1.66. The summed E-state index contributed by atoms with van der Waals surface area (Å²) in [7, 11) is 0. The summed E-state index contributed by atoms with van der Waals surface area (Å²) >= 11 is 0. The number of alkyl carbamates (subject to hydrolysis) is 1. The number of aryl methyl sites for hydroxylation is 1. The van der Waals surface area contributed by atoms with Crippen LogP contribution in [0.5, 0.6) is 0 Å². The smallest absolute Gasteiger partial charge is 0.408 e. The lowest BCUT2D eigenvalue weighted by Gasteiger charge is -2.26. The lowest BCUT2D eigenvalue weighted by atomic mass is 9.84. The number of carbonyl (C=O) groups is 3. The highest BCUT2D eigenvalue weighted by Crippen LogP contribution is 2.41. The molecule has 4 aromatic rings. The van der Waals surface area contributed by atoms with Crippen LogP contribution in [-0.2, 0) is 38.4 Å². The predicted molar refractivity (Wildman–Crippen MR) is 202 cm³/mol. The van der Waals surface area contributed by atoms with Crippen LogP contribution in [0.3, 0.4) is 0 Å². The number of benzene rings is 2. The Morgan fingerprint density at radius 3 is 2.62 bits per heavy atom. The summed E-state index contributed by atoms with van der Waals surface area (Å²) in [5, 5.41) is 17.5. The fourth-order valence-electron chi connectivity index (χ4n) is 6.82. The third-order valence-electron chi connectivity index (χ3n) is 9.24. The van der Waals surface area contributed by atoms with Crippen LogP contribution in [0, 0.1) is 5.41 Å². The number of nitrogens with zero attached hydrogens (tertiary/aromatic N) is 2. The number of pyridine rings is 1. The molecule has 1 unspecified atom stereocenters. The van der Waals surface area contributed by atoms with Gasteiger partial charge < -0.3 is 35.5 Å². The Hall–Kier alpha value is -4.74. The normalized spacial score (nSPS) is 19.4. The fourth-order valence-corrected chi connectivity index (χ4v) is 6.82. The molecule has 3 atom stereocenters. The van der Waals surface area contributed by atoms with Gasteiger partial charge in [-0.25, -0.2) is 4.79 Å². The third-order valence-corrected chi connectivity index (χ3v) is 9.24. The van der Waals surface area contributed by atoms with Gasteiger partial charge in [0.05, 0.1) is 24.1 Å². The zero-order valence-corrected chi connectivity index (χ0v) is 31.4. The number of cyclic esters (lactones) is 1. The quantitative estimate of drug-likeness (QED) is 0.182. The maximum Gasteiger partial charge on any atom is 0.408 e. The molecule has 0 aliphatic carbocycles. The van der Waals surface area contributed by atoms with E-state index in [9.17, 15) is 19.5 Å². The van der Waals surface area contributed by atoms with E-state index in [4.69, 9.17) is 15.2 Å². The Labute approximate surface area is 306 Å². The number of fused-ring (bicyclic) bond motifs is 4. The van der Waals surface area contributed by atoms with E-state index >= 15 is 0 Å². The average molecular weight is 712 g/mol. The van der Waals surface area contributed by atoms with Crippen molar-refractivity contribution < 1.29 is 29.0 Å². The summed E-state index contributed by atoms with van der Waals surface area (Å²) in [6, 6.07) is 16.5. The molecular weight excluding hydrogens is 658 g/mol. The molecule has 11 heteroatoms. The summed E-state index contributed by atoms with van der Waals surface area (Å²) < 4.78 is 13.6. The zero-order valence-electron chi connectivity index (χ0n) is 31.4. The standard InChI is InChI=1S/C41H53N5O6/c1-8-46-34-17-16-28-22-30(34)31(36(46)29-14-10-18-43-35(29)25(2)47)23-41(6,7)24-51-38(49)32(42)15-11-19-44-37(48)33(45-39(50)52-40(3,4)5)21-26-12-9-13-27(28)20-26/h9-10,12-14,16-18,20,22,25,32-33,47H,8,11,15,19,21,23-24,42H2,1-7H3,(H,44,48)(H,45,50)/t25-,32-,33?/m0/s1. The van der Waals surface area contributed by atoms with Crippen LogP contribution in [0.1, 0.15) is 84.2 Å². The molecular formula is C41H53N5O6. The van der Waals surface area contributed by atoms with Crippen LogP contribution in [-0.4, -0.2) is 63.5 Å². The highest BCUT2D eigenvalue weighted by atomic mass is 16.6. The van der Waals surface area contributed by atoms with Crippen LogP contribution < -0.4 is 16.4 Å². The van der Waals surface area contributed by atoms with Gasteiger partial charge >= 0.3 is 12.1 Å². The molecule has 0 saturated heterocycles. The summed E-state index contributed by atoms with van der Waals surface area (Å²) in [5.74, 6) is -0.867. The molecule has 2 aromatic carbocycles. The molecule has 52 heavy (non-hydrogen) atoms. The molecule has 5 rings (SSSR count). The SMILES string of the molecule is CCn1c(-c2cccnc2[C@H](C)O)c2c3cc(ccc31)-c1cccc(c1)CC(NC(=O)OC(C)(C)C)C(=O)NCCC[C@H](N)C(=O)OCC(C)(C)C2. The highest BCUT2D eigenvalue weighted by molar-refractivity contribution is 5.95. The number of carbonyl (C=O) groups excluding carboxylic acids is 3. The topological polar surface area (TPSA) is 158 Å². The molecule has 0 spiro atoms. The van der Waals surface area contributed by atoms with E-state index in [0.29, 0.717) is 31.5 Å². The van der Waals surface area contributed by atoms with E-state index in [1.807, 2.05) is 36.4 Å². The number of ether oxygens (including phenoxy) is 2. The molecule has 0 saturated carbocycles. The van der Waals surface area contributed by atoms with Gasteiger partial charge in [0.2, 0.25) is 5.91 Å². The Morgan fingerprint density at radius 2 is 1.90 bits per heavy atom. The number of esters is 1. The summed E-state index contributed by atoms with van der Waals surface area (Å²) in [4.78, 5) is 44.0. The molecule has 4 bridgehead atoms. The van der Waals surface area contributed by atoms with Crippen LogP contribution in [0.25, 0.3) is 33.3 Å². The van der Waals surface area contributed by atoms with Gasteiger partial charge in [-0.15, -0.1) is 0 Å². The Kier molecular flexibility index (Phi) is 11.8. The average Bonchev–Trinajstić information content (AvgIpc) is 3.38. The van der Waals surface area contributed by atoms with Gasteiger partial charge in [0.25, 0.3) is 0 Å². The van der Waals surface area contributed by atoms with E-state index in [1.54, 1.807) is 33.9 Å². The largest absolute Gasteiger partial charge is 0.464 e. The van der Waals surface area contributed by atoms with Crippen molar-refractivity contribution in [3.8, 4) is 22.4 Å². The second-order valence-electron chi connectivity index (χ2n) is 15.5. The van der Waals surface area contributed by atoms with E-state index < -0.39 is 41.3 Å². The minimum Gasteiger partial charge on any atom is -0.464 e. The first-order chi connectivity index (χ1) is 24.6.